The van der Waals surface area contributed by atoms with Gasteiger partial charge in [0, 0.05) is 0 Å². The van der Waals surface area contributed by atoms with Crippen LogP contribution in [0.1, 0.15) is 106 Å². The van der Waals surface area contributed by atoms with Crippen molar-refractivity contribution >= 4 is 5.97 Å². The van der Waals surface area contributed by atoms with Crippen LogP contribution in [-0.2, 0) is 4.79 Å². The number of hydrogen-bond acceptors (Lipinski definition) is 2. The highest BCUT2D eigenvalue weighted by Crippen LogP contribution is 2.74. The number of fused-ring (bicyclic) bond motifs is 7. The number of allylic oxidation sites excluding steroid dienone is 2. The van der Waals surface area contributed by atoms with E-state index in [1.165, 1.54) is 12.8 Å². The Balaban J connectivity index is 1.56. The zero-order chi connectivity index (χ0) is 24.2. The number of carboxylic acids is 1. The first-order valence-electron chi connectivity index (χ1n) is 13.8. The van der Waals surface area contributed by atoms with E-state index in [9.17, 15) is 15.0 Å². The number of rotatable bonds is 1. The summed E-state index contributed by atoms with van der Waals surface area (Å²) in [4.78, 5) is 12.3. The van der Waals surface area contributed by atoms with E-state index in [4.69, 9.17) is 0 Å². The summed E-state index contributed by atoms with van der Waals surface area (Å²) in [5.74, 6) is 1.20. The van der Waals surface area contributed by atoms with Crippen LogP contribution in [0.2, 0.25) is 0 Å². The molecular weight excluding hydrogens is 408 g/mol. The maximum atomic E-state index is 12.3. The van der Waals surface area contributed by atoms with Gasteiger partial charge in [0.15, 0.2) is 0 Å². The van der Waals surface area contributed by atoms with Crippen molar-refractivity contribution in [3.8, 4) is 0 Å². The SMILES string of the molecule is CC1(C)CC(C(=O)O)C2CCC3(C)C(=CCC4C5(C)CCC(O)C(C)(C)C5CCC43C)C2C1. The molecule has 0 heterocycles. The maximum Gasteiger partial charge on any atom is 0.306 e. The molecule has 9 unspecified atom stereocenters. The zero-order valence-corrected chi connectivity index (χ0v) is 22.2. The molecule has 4 fully saturated rings. The van der Waals surface area contributed by atoms with Gasteiger partial charge in [-0.2, -0.15) is 0 Å². The van der Waals surface area contributed by atoms with Crippen LogP contribution >= 0.6 is 0 Å². The molecule has 0 aliphatic heterocycles. The van der Waals surface area contributed by atoms with E-state index in [-0.39, 0.29) is 39.1 Å². The molecule has 186 valence electrons. The summed E-state index contributed by atoms with van der Waals surface area (Å²) < 4.78 is 0. The van der Waals surface area contributed by atoms with Crippen molar-refractivity contribution in [2.24, 2.45) is 56.7 Å². The van der Waals surface area contributed by atoms with Crippen molar-refractivity contribution in [2.45, 2.75) is 112 Å². The Morgan fingerprint density at radius 1 is 0.909 bits per heavy atom. The van der Waals surface area contributed by atoms with Crippen molar-refractivity contribution in [2.75, 3.05) is 0 Å². The number of hydrogen-bond donors (Lipinski definition) is 2. The Hall–Kier alpha value is -0.830. The summed E-state index contributed by atoms with van der Waals surface area (Å²) in [6, 6.07) is 0. The van der Waals surface area contributed by atoms with Gasteiger partial charge in [0.05, 0.1) is 12.0 Å². The summed E-state index contributed by atoms with van der Waals surface area (Å²) in [6.07, 6.45) is 12.3. The van der Waals surface area contributed by atoms with Gasteiger partial charge in [-0.1, -0.05) is 60.1 Å². The van der Waals surface area contributed by atoms with Gasteiger partial charge in [-0.05, 0) is 109 Å². The molecule has 5 aliphatic carbocycles. The topological polar surface area (TPSA) is 57.5 Å². The summed E-state index contributed by atoms with van der Waals surface area (Å²) >= 11 is 0. The van der Waals surface area contributed by atoms with E-state index in [2.05, 4.69) is 54.5 Å². The van der Waals surface area contributed by atoms with E-state index in [0.717, 1.165) is 44.9 Å². The molecule has 0 radical (unpaired) electrons. The molecule has 9 atom stereocenters. The lowest BCUT2D eigenvalue weighted by molar-refractivity contribution is -0.201. The summed E-state index contributed by atoms with van der Waals surface area (Å²) in [6.45, 7) is 16.9. The Morgan fingerprint density at radius 2 is 1.61 bits per heavy atom. The van der Waals surface area contributed by atoms with Crippen LogP contribution < -0.4 is 0 Å². The Labute approximate surface area is 201 Å². The molecular formula is C30H48O3. The molecule has 0 saturated heterocycles. The maximum absolute atomic E-state index is 12.3. The third kappa shape index (κ3) is 3.06. The second kappa shape index (κ2) is 7.11. The van der Waals surface area contributed by atoms with Crippen LogP contribution in [-0.4, -0.2) is 22.3 Å². The molecule has 0 aromatic heterocycles. The Kier molecular flexibility index (Phi) is 5.15. The molecule has 0 amide bonds. The molecule has 5 aliphatic rings. The van der Waals surface area contributed by atoms with E-state index in [1.54, 1.807) is 5.57 Å². The second-order valence-corrected chi connectivity index (χ2v) is 15.0. The average molecular weight is 457 g/mol. The normalized spacial score (nSPS) is 52.4. The monoisotopic (exact) mass is 456 g/mol. The van der Waals surface area contributed by atoms with Gasteiger partial charge in [-0.15, -0.1) is 0 Å². The van der Waals surface area contributed by atoms with Crippen molar-refractivity contribution in [3.05, 3.63) is 11.6 Å². The van der Waals surface area contributed by atoms with Crippen molar-refractivity contribution < 1.29 is 15.0 Å². The highest BCUT2D eigenvalue weighted by molar-refractivity contribution is 5.71. The van der Waals surface area contributed by atoms with Gasteiger partial charge in [0.2, 0.25) is 0 Å². The Bertz CT molecular complexity index is 870. The molecule has 4 saturated carbocycles. The third-order valence-corrected chi connectivity index (χ3v) is 12.8. The van der Waals surface area contributed by atoms with Gasteiger partial charge in [-0.25, -0.2) is 0 Å². The van der Waals surface area contributed by atoms with E-state index in [1.807, 2.05) is 0 Å². The highest BCUT2D eigenvalue weighted by atomic mass is 16.4. The van der Waals surface area contributed by atoms with Crippen LogP contribution in [0.4, 0.5) is 0 Å². The van der Waals surface area contributed by atoms with Crippen molar-refractivity contribution in [1.29, 1.82) is 0 Å². The standard InChI is InChI=1S/C30H48O3/c1-26(2)16-19-18(20(17-26)25(32)33)10-14-29(6)21(19)8-9-23-28(5)13-12-24(31)27(3,4)22(28)11-15-30(23,29)7/h8,18-20,22-24,31H,9-17H2,1-7H3,(H,32,33). The first-order valence-corrected chi connectivity index (χ1v) is 13.8. The first-order chi connectivity index (χ1) is 15.2. The molecule has 0 bridgehead atoms. The number of carboxylic acid groups (broad SMARTS) is 1. The van der Waals surface area contributed by atoms with Crippen molar-refractivity contribution in [3.63, 3.8) is 0 Å². The molecule has 2 N–H and O–H groups in total. The lowest BCUT2D eigenvalue weighted by Gasteiger charge is -2.70. The van der Waals surface area contributed by atoms with Crippen LogP contribution in [0.25, 0.3) is 0 Å². The van der Waals surface area contributed by atoms with Gasteiger partial charge in [-0.3, -0.25) is 4.79 Å². The first kappa shape index (κ1) is 23.9. The van der Waals surface area contributed by atoms with Gasteiger partial charge in [0.1, 0.15) is 0 Å². The van der Waals surface area contributed by atoms with Gasteiger partial charge < -0.3 is 10.2 Å². The fourth-order valence-electron chi connectivity index (χ4n) is 10.8. The Morgan fingerprint density at radius 3 is 2.27 bits per heavy atom. The predicted molar refractivity (Wildman–Crippen MR) is 133 cm³/mol. The molecule has 33 heavy (non-hydrogen) atoms. The zero-order valence-electron chi connectivity index (χ0n) is 22.2. The predicted octanol–water partition coefficient (Wildman–Crippen LogP) is 7.09. The average Bonchev–Trinajstić information content (AvgIpc) is 2.70. The van der Waals surface area contributed by atoms with Gasteiger partial charge in [0.25, 0.3) is 0 Å². The van der Waals surface area contributed by atoms with E-state index < -0.39 is 5.97 Å². The minimum Gasteiger partial charge on any atom is -0.481 e. The highest BCUT2D eigenvalue weighted by Gasteiger charge is 2.67. The minimum absolute atomic E-state index is 0.0149. The summed E-state index contributed by atoms with van der Waals surface area (Å²) in [5.41, 5.74) is 2.40. The fourth-order valence-corrected chi connectivity index (χ4v) is 10.8. The van der Waals surface area contributed by atoms with Gasteiger partial charge >= 0.3 is 5.97 Å². The molecule has 3 nitrogen and oxygen atoms in total. The van der Waals surface area contributed by atoms with Crippen molar-refractivity contribution in [1.82, 2.24) is 0 Å². The fraction of sp³-hybridized carbons (Fsp3) is 0.900. The number of aliphatic carboxylic acids is 1. The minimum atomic E-state index is -0.571. The van der Waals surface area contributed by atoms with Crippen LogP contribution in [0.3, 0.4) is 0 Å². The van der Waals surface area contributed by atoms with Crippen LogP contribution in [0.15, 0.2) is 11.6 Å². The number of carbonyl (C=O) groups is 1. The molecule has 0 aromatic carbocycles. The van der Waals surface area contributed by atoms with Crippen LogP contribution in [0, 0.1) is 56.7 Å². The molecule has 5 rings (SSSR count). The number of aliphatic hydroxyl groups is 1. The lowest BCUT2D eigenvalue weighted by Crippen LogP contribution is -2.64. The largest absolute Gasteiger partial charge is 0.481 e. The molecule has 0 aromatic rings. The van der Waals surface area contributed by atoms with E-state index in [0.29, 0.717) is 23.7 Å². The quantitative estimate of drug-likeness (QED) is 0.414. The summed E-state index contributed by atoms with van der Waals surface area (Å²) in [5, 5.41) is 21.0. The second-order valence-electron chi connectivity index (χ2n) is 15.0. The van der Waals surface area contributed by atoms with E-state index >= 15 is 0 Å². The lowest BCUT2D eigenvalue weighted by atomic mass is 9.34. The van der Waals surface area contributed by atoms with Crippen LogP contribution in [0.5, 0.6) is 0 Å². The third-order valence-electron chi connectivity index (χ3n) is 12.8. The smallest absolute Gasteiger partial charge is 0.306 e. The molecule has 0 spiro atoms. The molecule has 3 heteroatoms. The number of aliphatic hydroxyl groups excluding tert-OH is 1. The summed E-state index contributed by atoms with van der Waals surface area (Å²) in [7, 11) is 0.